The van der Waals surface area contributed by atoms with Crippen LogP contribution in [0.2, 0.25) is 0 Å². The lowest BCUT2D eigenvalue weighted by Gasteiger charge is -2.07. The number of nitrogens with one attached hydrogen (secondary N) is 1. The summed E-state index contributed by atoms with van der Waals surface area (Å²) in [6, 6.07) is 9.77. The number of hydrogen-bond acceptors (Lipinski definition) is 2. The Kier molecular flexibility index (Phi) is 2.87. The molecule has 0 heterocycles. The third kappa shape index (κ3) is 2.49. The monoisotopic (exact) mass is 176 g/mol. The molecule has 0 spiro atoms. The first-order valence-electron chi connectivity index (χ1n) is 3.68. The zero-order valence-electron chi connectivity index (χ0n) is 6.77. The average Bonchev–Trinajstić information content (AvgIpc) is 2.15. The zero-order valence-corrected chi connectivity index (χ0v) is 6.77. The Hall–Kier alpha value is -2.02. The Morgan fingerprint density at radius 3 is 2.54 bits per heavy atom. The molecular weight excluding hydrogens is 168 g/mol. The van der Waals surface area contributed by atoms with Gasteiger partial charge in [-0.25, -0.2) is 4.79 Å². The normalized spacial score (nSPS) is 11.3. The second kappa shape index (κ2) is 4.12. The molecule has 0 fully saturated rings. The van der Waals surface area contributed by atoms with Gasteiger partial charge in [0.2, 0.25) is 0 Å². The standard InChI is InChI=1S/C9H8N2O2/c10-6-8(11-9(12)13)7-4-2-1-3-5-7/h1-5,8,11H,(H,12,13). The summed E-state index contributed by atoms with van der Waals surface area (Å²) < 4.78 is 0. The first-order valence-corrected chi connectivity index (χ1v) is 3.68. The van der Waals surface area contributed by atoms with E-state index in [1.165, 1.54) is 0 Å². The average molecular weight is 176 g/mol. The number of rotatable bonds is 2. The number of hydrogen-bond donors (Lipinski definition) is 2. The van der Waals surface area contributed by atoms with Crippen LogP contribution < -0.4 is 5.32 Å². The van der Waals surface area contributed by atoms with Gasteiger partial charge in [0.1, 0.15) is 6.04 Å². The van der Waals surface area contributed by atoms with E-state index in [4.69, 9.17) is 10.4 Å². The van der Waals surface area contributed by atoms with Crippen LogP contribution in [0, 0.1) is 11.3 Å². The summed E-state index contributed by atoms with van der Waals surface area (Å²) in [5, 5.41) is 19.2. The van der Waals surface area contributed by atoms with E-state index >= 15 is 0 Å². The van der Waals surface area contributed by atoms with Crippen molar-refractivity contribution in [3.05, 3.63) is 35.9 Å². The zero-order chi connectivity index (χ0) is 9.68. The van der Waals surface area contributed by atoms with Crippen LogP contribution in [0.25, 0.3) is 0 Å². The summed E-state index contributed by atoms with van der Waals surface area (Å²) in [7, 11) is 0. The summed E-state index contributed by atoms with van der Waals surface area (Å²) in [5.41, 5.74) is 0.646. The predicted octanol–water partition coefficient (Wildman–Crippen LogP) is 1.52. The molecule has 0 aromatic heterocycles. The van der Waals surface area contributed by atoms with Gasteiger partial charge in [-0.15, -0.1) is 0 Å². The third-order valence-electron chi connectivity index (χ3n) is 1.53. The van der Waals surface area contributed by atoms with Crippen molar-refractivity contribution in [3.63, 3.8) is 0 Å². The Balaban J connectivity index is 2.80. The van der Waals surface area contributed by atoms with E-state index in [-0.39, 0.29) is 0 Å². The molecule has 66 valence electrons. The van der Waals surface area contributed by atoms with Crippen LogP contribution in [-0.4, -0.2) is 11.2 Å². The van der Waals surface area contributed by atoms with Gasteiger partial charge in [-0.1, -0.05) is 30.3 Å². The molecular formula is C9H8N2O2. The highest BCUT2D eigenvalue weighted by Crippen LogP contribution is 2.10. The molecule has 0 saturated carbocycles. The van der Waals surface area contributed by atoms with Gasteiger partial charge in [0.15, 0.2) is 0 Å². The van der Waals surface area contributed by atoms with E-state index in [2.05, 4.69) is 5.32 Å². The van der Waals surface area contributed by atoms with Gasteiger partial charge < -0.3 is 10.4 Å². The fourth-order valence-corrected chi connectivity index (χ4v) is 0.959. The van der Waals surface area contributed by atoms with Gasteiger partial charge in [0.05, 0.1) is 6.07 Å². The van der Waals surface area contributed by atoms with Crippen molar-refractivity contribution in [3.8, 4) is 6.07 Å². The molecule has 0 aliphatic rings. The van der Waals surface area contributed by atoms with E-state index in [0.717, 1.165) is 0 Å². The molecule has 13 heavy (non-hydrogen) atoms. The Morgan fingerprint density at radius 1 is 1.46 bits per heavy atom. The highest BCUT2D eigenvalue weighted by molar-refractivity contribution is 5.65. The van der Waals surface area contributed by atoms with Crippen molar-refractivity contribution >= 4 is 6.09 Å². The van der Waals surface area contributed by atoms with Crippen LogP contribution in [0.4, 0.5) is 4.79 Å². The Labute approximate surface area is 75.4 Å². The van der Waals surface area contributed by atoms with Crippen LogP contribution in [0.3, 0.4) is 0 Å². The van der Waals surface area contributed by atoms with Gasteiger partial charge >= 0.3 is 6.09 Å². The van der Waals surface area contributed by atoms with Gasteiger partial charge in [-0.05, 0) is 5.56 Å². The fraction of sp³-hybridized carbons (Fsp3) is 0.111. The van der Waals surface area contributed by atoms with Crippen molar-refractivity contribution in [2.45, 2.75) is 6.04 Å². The van der Waals surface area contributed by atoms with Gasteiger partial charge in [-0.2, -0.15) is 5.26 Å². The van der Waals surface area contributed by atoms with Crippen molar-refractivity contribution in [1.29, 1.82) is 5.26 Å². The van der Waals surface area contributed by atoms with E-state index in [0.29, 0.717) is 5.56 Å². The predicted molar refractivity (Wildman–Crippen MR) is 46.0 cm³/mol. The van der Waals surface area contributed by atoms with Crippen LogP contribution in [0.5, 0.6) is 0 Å². The Morgan fingerprint density at radius 2 is 2.08 bits per heavy atom. The van der Waals surface area contributed by atoms with E-state index in [1.807, 2.05) is 6.07 Å². The molecule has 1 aromatic carbocycles. The van der Waals surface area contributed by atoms with Crippen molar-refractivity contribution in [2.24, 2.45) is 0 Å². The fourth-order valence-electron chi connectivity index (χ4n) is 0.959. The number of amides is 1. The lowest BCUT2D eigenvalue weighted by molar-refractivity contribution is 0.192. The lowest BCUT2D eigenvalue weighted by Crippen LogP contribution is -2.25. The summed E-state index contributed by atoms with van der Waals surface area (Å²) in [6.07, 6.45) is -1.20. The van der Waals surface area contributed by atoms with Crippen LogP contribution in [0.15, 0.2) is 30.3 Å². The van der Waals surface area contributed by atoms with Gasteiger partial charge in [0, 0.05) is 0 Å². The molecule has 1 atom stereocenters. The molecule has 1 aromatic rings. The maximum Gasteiger partial charge on any atom is 0.405 e. The second-order valence-electron chi connectivity index (χ2n) is 2.42. The molecule has 2 N–H and O–H groups in total. The Bertz CT molecular complexity index is 329. The van der Waals surface area contributed by atoms with Gasteiger partial charge in [-0.3, -0.25) is 0 Å². The molecule has 0 aliphatic carbocycles. The number of nitriles is 1. The van der Waals surface area contributed by atoms with Crippen molar-refractivity contribution < 1.29 is 9.90 Å². The molecule has 1 unspecified atom stereocenters. The molecule has 0 radical (unpaired) electrons. The maximum atomic E-state index is 10.3. The minimum Gasteiger partial charge on any atom is -0.465 e. The first kappa shape index (κ1) is 9.07. The van der Waals surface area contributed by atoms with Crippen molar-refractivity contribution in [1.82, 2.24) is 5.32 Å². The highest BCUT2D eigenvalue weighted by Gasteiger charge is 2.11. The van der Waals surface area contributed by atoms with E-state index < -0.39 is 12.1 Å². The van der Waals surface area contributed by atoms with Gasteiger partial charge in [0.25, 0.3) is 0 Å². The summed E-state index contributed by atoms with van der Waals surface area (Å²) >= 11 is 0. The number of carbonyl (C=O) groups is 1. The molecule has 4 nitrogen and oxygen atoms in total. The summed E-state index contributed by atoms with van der Waals surface area (Å²) in [4.78, 5) is 10.3. The second-order valence-corrected chi connectivity index (χ2v) is 2.42. The first-order chi connectivity index (χ1) is 6.24. The number of benzene rings is 1. The molecule has 1 amide bonds. The number of carboxylic acid groups (broad SMARTS) is 1. The van der Waals surface area contributed by atoms with Crippen LogP contribution in [-0.2, 0) is 0 Å². The van der Waals surface area contributed by atoms with E-state index in [9.17, 15) is 4.79 Å². The summed E-state index contributed by atoms with van der Waals surface area (Å²) in [5.74, 6) is 0. The van der Waals surface area contributed by atoms with Crippen molar-refractivity contribution in [2.75, 3.05) is 0 Å². The highest BCUT2D eigenvalue weighted by atomic mass is 16.4. The molecule has 4 heteroatoms. The van der Waals surface area contributed by atoms with Crippen LogP contribution >= 0.6 is 0 Å². The quantitative estimate of drug-likeness (QED) is 0.717. The molecule has 1 rings (SSSR count). The topological polar surface area (TPSA) is 73.1 Å². The third-order valence-corrected chi connectivity index (χ3v) is 1.53. The SMILES string of the molecule is N#CC(NC(=O)O)c1ccccc1. The molecule has 0 saturated heterocycles. The minimum atomic E-state index is -1.20. The molecule has 0 bridgehead atoms. The van der Waals surface area contributed by atoms with E-state index in [1.54, 1.807) is 30.3 Å². The lowest BCUT2D eigenvalue weighted by atomic mass is 10.1. The summed E-state index contributed by atoms with van der Waals surface area (Å²) in [6.45, 7) is 0. The smallest absolute Gasteiger partial charge is 0.405 e. The number of nitrogens with zero attached hydrogens (tertiary/aromatic N) is 1. The van der Waals surface area contributed by atoms with Crippen LogP contribution in [0.1, 0.15) is 11.6 Å². The molecule has 0 aliphatic heterocycles. The largest absolute Gasteiger partial charge is 0.465 e. The minimum absolute atomic E-state index is 0.646. The maximum absolute atomic E-state index is 10.3.